The van der Waals surface area contributed by atoms with Gasteiger partial charge in [-0.05, 0) is 6.42 Å². The summed E-state index contributed by atoms with van der Waals surface area (Å²) in [7, 11) is 0. The van der Waals surface area contributed by atoms with Gasteiger partial charge in [-0.15, -0.1) is 11.6 Å². The third-order valence-corrected chi connectivity index (χ3v) is 2.91. The molecule has 0 nitrogen and oxygen atoms in total. The predicted octanol–water partition coefficient (Wildman–Crippen LogP) is 5.71. The van der Waals surface area contributed by atoms with Crippen LogP contribution in [0.3, 0.4) is 0 Å². The topological polar surface area (TPSA) is 0 Å². The molecule has 4 heteroatoms. The summed E-state index contributed by atoms with van der Waals surface area (Å²) in [6.45, 7) is 2.20. The molecule has 0 saturated heterocycles. The first-order chi connectivity index (χ1) is 6.45. The fraction of sp³-hybridized carbons (Fsp3) is 1.00. The minimum atomic E-state index is -1.20. The van der Waals surface area contributed by atoms with Crippen molar-refractivity contribution in [3.05, 3.63) is 0 Å². The average molecular weight is 280 g/mol. The van der Waals surface area contributed by atoms with Crippen molar-refractivity contribution in [2.24, 2.45) is 0 Å². The summed E-state index contributed by atoms with van der Waals surface area (Å²) in [5, 5.41) is -0.0101. The second-order valence-corrected chi connectivity index (χ2v) is 6.75. The van der Waals surface area contributed by atoms with Crippen LogP contribution >= 0.6 is 46.4 Å². The summed E-state index contributed by atoms with van der Waals surface area (Å²) in [4.78, 5) is 0. The van der Waals surface area contributed by atoms with Crippen LogP contribution in [-0.2, 0) is 0 Å². The molecule has 0 bridgehead atoms. The molecule has 0 aromatic carbocycles. The number of unbranched alkanes of at least 4 members (excludes halogenated alkanes) is 4. The largest absolute Gasteiger partial charge is 0.192 e. The van der Waals surface area contributed by atoms with Crippen LogP contribution < -0.4 is 0 Å². The molecular formula is C10H18Cl4. The molecule has 0 N–H and O–H groups in total. The van der Waals surface area contributed by atoms with Gasteiger partial charge in [0.05, 0.1) is 0 Å². The Balaban J connectivity index is 3.31. The lowest BCUT2D eigenvalue weighted by Gasteiger charge is -2.15. The van der Waals surface area contributed by atoms with E-state index in [1.807, 2.05) is 0 Å². The summed E-state index contributed by atoms with van der Waals surface area (Å²) in [6, 6.07) is 0. The van der Waals surface area contributed by atoms with Crippen LogP contribution in [0, 0.1) is 0 Å². The average Bonchev–Trinajstić information content (AvgIpc) is 2.00. The van der Waals surface area contributed by atoms with Crippen LogP contribution in [-0.4, -0.2) is 9.17 Å². The standard InChI is InChI=1S/C10H18Cl4/c1-2-3-4-5-6-7-9(11)8-10(12,13)14/h9H,2-8H2,1H3/t9-/m1/s1. The zero-order valence-corrected chi connectivity index (χ0v) is 11.6. The van der Waals surface area contributed by atoms with Crippen LogP contribution in [0.4, 0.5) is 0 Å². The minimum absolute atomic E-state index is 0.0101. The minimum Gasteiger partial charge on any atom is -0.123 e. The lowest BCUT2D eigenvalue weighted by Crippen LogP contribution is -2.11. The van der Waals surface area contributed by atoms with Gasteiger partial charge in [-0.1, -0.05) is 73.8 Å². The Morgan fingerprint density at radius 2 is 1.57 bits per heavy atom. The highest BCUT2D eigenvalue weighted by molar-refractivity contribution is 6.67. The second-order valence-electron chi connectivity index (χ2n) is 3.62. The molecule has 0 aliphatic heterocycles. The lowest BCUT2D eigenvalue weighted by atomic mass is 10.1. The van der Waals surface area contributed by atoms with Crippen LogP contribution in [0.5, 0.6) is 0 Å². The molecular weight excluding hydrogens is 262 g/mol. The third kappa shape index (κ3) is 11.2. The van der Waals surface area contributed by atoms with E-state index in [2.05, 4.69) is 6.92 Å². The molecule has 0 spiro atoms. The van der Waals surface area contributed by atoms with Gasteiger partial charge in [0.1, 0.15) is 0 Å². The van der Waals surface area contributed by atoms with E-state index < -0.39 is 3.79 Å². The molecule has 0 rings (SSSR count). The highest BCUT2D eigenvalue weighted by atomic mass is 35.6. The third-order valence-electron chi connectivity index (χ3n) is 2.07. The van der Waals surface area contributed by atoms with Crippen LogP contribution in [0.25, 0.3) is 0 Å². The van der Waals surface area contributed by atoms with E-state index in [0.29, 0.717) is 6.42 Å². The van der Waals surface area contributed by atoms with Gasteiger partial charge in [0.2, 0.25) is 0 Å². The first-order valence-corrected chi connectivity index (χ1v) is 6.73. The van der Waals surface area contributed by atoms with Gasteiger partial charge in [-0.25, -0.2) is 0 Å². The van der Waals surface area contributed by atoms with E-state index >= 15 is 0 Å². The van der Waals surface area contributed by atoms with Gasteiger partial charge in [-0.3, -0.25) is 0 Å². The normalized spacial score (nSPS) is 14.4. The Labute approximate surface area is 107 Å². The first kappa shape index (κ1) is 15.2. The smallest absolute Gasteiger partial charge is 0.123 e. The molecule has 0 heterocycles. The van der Waals surface area contributed by atoms with Crippen LogP contribution in [0.1, 0.15) is 51.9 Å². The molecule has 0 saturated carbocycles. The van der Waals surface area contributed by atoms with Gasteiger partial charge in [0.25, 0.3) is 0 Å². The molecule has 0 amide bonds. The maximum atomic E-state index is 6.02. The van der Waals surface area contributed by atoms with E-state index in [-0.39, 0.29) is 5.38 Å². The lowest BCUT2D eigenvalue weighted by molar-refractivity contribution is 0.582. The van der Waals surface area contributed by atoms with Gasteiger partial charge in [0, 0.05) is 11.8 Å². The van der Waals surface area contributed by atoms with Crippen molar-refractivity contribution < 1.29 is 0 Å². The molecule has 0 aliphatic carbocycles. The van der Waals surface area contributed by atoms with Crippen LogP contribution in [0.15, 0.2) is 0 Å². The van der Waals surface area contributed by atoms with Gasteiger partial charge in [0.15, 0.2) is 3.79 Å². The van der Waals surface area contributed by atoms with E-state index in [1.54, 1.807) is 0 Å². The Morgan fingerprint density at radius 1 is 1.00 bits per heavy atom. The Kier molecular flexibility index (Phi) is 9.02. The van der Waals surface area contributed by atoms with Crippen molar-refractivity contribution in [2.45, 2.75) is 61.0 Å². The second kappa shape index (κ2) is 8.33. The maximum absolute atomic E-state index is 6.02. The fourth-order valence-electron chi connectivity index (χ4n) is 1.32. The fourth-order valence-corrected chi connectivity index (χ4v) is 2.50. The SMILES string of the molecule is CCCCCCC[C@@H](Cl)CC(Cl)(Cl)Cl. The molecule has 0 aromatic rings. The van der Waals surface area contributed by atoms with Crippen LogP contribution in [0.2, 0.25) is 0 Å². The maximum Gasteiger partial charge on any atom is 0.192 e. The summed E-state index contributed by atoms with van der Waals surface area (Å²) >= 11 is 22.9. The Hall–Kier alpha value is 1.16. The van der Waals surface area contributed by atoms with Crippen molar-refractivity contribution in [2.75, 3.05) is 0 Å². The molecule has 0 fully saturated rings. The molecule has 1 atom stereocenters. The van der Waals surface area contributed by atoms with Crippen molar-refractivity contribution in [3.63, 3.8) is 0 Å². The zero-order valence-electron chi connectivity index (χ0n) is 8.54. The quantitative estimate of drug-likeness (QED) is 0.413. The monoisotopic (exact) mass is 278 g/mol. The molecule has 86 valence electrons. The molecule has 0 radical (unpaired) electrons. The number of halogens is 4. The van der Waals surface area contributed by atoms with E-state index in [4.69, 9.17) is 46.4 Å². The van der Waals surface area contributed by atoms with Gasteiger partial charge >= 0.3 is 0 Å². The van der Waals surface area contributed by atoms with E-state index in [0.717, 1.165) is 12.8 Å². The summed E-state index contributed by atoms with van der Waals surface area (Å²) in [5.74, 6) is 0. The molecule has 0 unspecified atom stereocenters. The van der Waals surface area contributed by atoms with Crippen molar-refractivity contribution >= 4 is 46.4 Å². The number of hydrogen-bond donors (Lipinski definition) is 0. The number of hydrogen-bond acceptors (Lipinski definition) is 0. The van der Waals surface area contributed by atoms with Crippen molar-refractivity contribution in [1.82, 2.24) is 0 Å². The highest BCUT2D eigenvalue weighted by Gasteiger charge is 2.23. The van der Waals surface area contributed by atoms with Gasteiger partial charge in [-0.2, -0.15) is 0 Å². The summed E-state index contributed by atoms with van der Waals surface area (Å²) in [5.41, 5.74) is 0. The molecule has 14 heavy (non-hydrogen) atoms. The molecule has 0 aromatic heterocycles. The van der Waals surface area contributed by atoms with E-state index in [9.17, 15) is 0 Å². The Morgan fingerprint density at radius 3 is 2.07 bits per heavy atom. The Bertz CT molecular complexity index is 131. The highest BCUT2D eigenvalue weighted by Crippen LogP contribution is 2.34. The first-order valence-electron chi connectivity index (χ1n) is 5.16. The number of alkyl halides is 4. The van der Waals surface area contributed by atoms with Crippen molar-refractivity contribution in [3.8, 4) is 0 Å². The molecule has 0 aliphatic rings. The van der Waals surface area contributed by atoms with E-state index in [1.165, 1.54) is 25.7 Å². The summed E-state index contributed by atoms with van der Waals surface area (Å²) < 4.78 is -1.20. The van der Waals surface area contributed by atoms with Crippen molar-refractivity contribution in [1.29, 1.82) is 0 Å². The summed E-state index contributed by atoms with van der Waals surface area (Å²) in [6.07, 6.45) is 7.60. The zero-order chi connectivity index (χ0) is 11.0. The van der Waals surface area contributed by atoms with Gasteiger partial charge < -0.3 is 0 Å². The number of rotatable bonds is 7. The predicted molar refractivity (Wildman–Crippen MR) is 67.9 cm³/mol.